The number of piperazine rings is 1. The second-order valence-corrected chi connectivity index (χ2v) is 7.44. The van der Waals surface area contributed by atoms with Crippen molar-refractivity contribution in [2.24, 2.45) is 0 Å². The molecule has 0 unspecified atom stereocenters. The summed E-state index contributed by atoms with van der Waals surface area (Å²) in [4.78, 5) is 13.7. The first kappa shape index (κ1) is 12.5. The van der Waals surface area contributed by atoms with Gasteiger partial charge in [0, 0.05) is 5.69 Å². The Balaban J connectivity index is 1.98. The van der Waals surface area contributed by atoms with Crippen molar-refractivity contribution >= 4 is 21.4 Å². The van der Waals surface area contributed by atoms with E-state index in [2.05, 4.69) is 5.32 Å². The Bertz CT molecular complexity index is 627. The molecule has 2 fully saturated rings. The average molecular weight is 280 g/mol. The van der Waals surface area contributed by atoms with Crippen molar-refractivity contribution in [2.75, 3.05) is 23.0 Å². The fraction of sp³-hybridized carbons (Fsp3) is 0.462. The number of carbonyl (C=O) groups excluding carboxylic acids is 1. The van der Waals surface area contributed by atoms with Gasteiger partial charge < -0.3 is 10.2 Å². The van der Waals surface area contributed by atoms with Crippen LogP contribution in [0, 0.1) is 6.92 Å². The van der Waals surface area contributed by atoms with Gasteiger partial charge in [0.1, 0.15) is 0 Å². The van der Waals surface area contributed by atoms with E-state index in [1.165, 1.54) is 0 Å². The first-order chi connectivity index (χ1) is 8.94. The lowest BCUT2D eigenvalue weighted by atomic mass is 10.1. The number of hydrogen-bond acceptors (Lipinski definition) is 4. The number of sulfone groups is 1. The molecule has 0 aliphatic carbocycles. The minimum Gasteiger partial charge on any atom is -0.356 e. The maximum absolute atomic E-state index is 11.8. The molecule has 2 heterocycles. The number of hydrogen-bond donors (Lipinski definition) is 1. The first-order valence-corrected chi connectivity index (χ1v) is 8.10. The lowest BCUT2D eigenvalue weighted by Crippen LogP contribution is -2.60. The smallest absolute Gasteiger partial charge is 0.239 e. The van der Waals surface area contributed by atoms with Crippen LogP contribution in [0.1, 0.15) is 5.56 Å². The van der Waals surface area contributed by atoms with Gasteiger partial charge in [0.05, 0.1) is 30.1 Å². The highest BCUT2D eigenvalue weighted by atomic mass is 32.2. The minimum absolute atomic E-state index is 0.0473. The van der Waals surface area contributed by atoms with Crippen LogP contribution in [-0.4, -0.2) is 44.5 Å². The summed E-state index contributed by atoms with van der Waals surface area (Å²) in [5.41, 5.74) is 2.02. The van der Waals surface area contributed by atoms with E-state index in [1.807, 2.05) is 36.1 Å². The van der Waals surface area contributed by atoms with Gasteiger partial charge in [-0.2, -0.15) is 0 Å². The number of nitrogens with zero attached hydrogens (tertiary/aromatic N) is 1. The third-order valence-electron chi connectivity index (χ3n) is 3.72. The van der Waals surface area contributed by atoms with Crippen molar-refractivity contribution in [1.29, 1.82) is 0 Å². The maximum Gasteiger partial charge on any atom is 0.239 e. The fourth-order valence-electron chi connectivity index (χ4n) is 2.89. The summed E-state index contributed by atoms with van der Waals surface area (Å²) in [6.07, 6.45) is 0. The molecule has 0 spiro atoms. The van der Waals surface area contributed by atoms with Gasteiger partial charge in [0.15, 0.2) is 9.84 Å². The number of nitrogens with one attached hydrogen (secondary N) is 1. The molecule has 2 atom stereocenters. The summed E-state index contributed by atoms with van der Waals surface area (Å²) < 4.78 is 23.5. The van der Waals surface area contributed by atoms with Crippen LogP contribution in [0.4, 0.5) is 5.69 Å². The van der Waals surface area contributed by atoms with Crippen LogP contribution in [0.5, 0.6) is 0 Å². The summed E-state index contributed by atoms with van der Waals surface area (Å²) in [6, 6.07) is 7.39. The highest BCUT2D eigenvalue weighted by Gasteiger charge is 2.45. The molecule has 2 aliphatic rings. The van der Waals surface area contributed by atoms with E-state index in [-0.39, 0.29) is 36.0 Å². The molecule has 5 nitrogen and oxygen atoms in total. The van der Waals surface area contributed by atoms with E-state index >= 15 is 0 Å². The third-order valence-corrected chi connectivity index (χ3v) is 5.43. The van der Waals surface area contributed by atoms with E-state index in [9.17, 15) is 13.2 Å². The maximum atomic E-state index is 11.8. The normalized spacial score (nSPS) is 28.9. The van der Waals surface area contributed by atoms with Crippen molar-refractivity contribution < 1.29 is 13.2 Å². The fourth-order valence-corrected chi connectivity index (χ4v) is 4.81. The number of fused-ring (bicyclic) bond motifs is 1. The third kappa shape index (κ3) is 2.32. The second kappa shape index (κ2) is 4.23. The summed E-state index contributed by atoms with van der Waals surface area (Å²) >= 11 is 0. The number of carbonyl (C=O) groups is 1. The minimum atomic E-state index is -3.06. The molecule has 0 bridgehead atoms. The lowest BCUT2D eigenvalue weighted by molar-refractivity contribution is -0.121. The number of rotatable bonds is 1. The van der Waals surface area contributed by atoms with Crippen molar-refractivity contribution in [3.05, 3.63) is 29.8 Å². The summed E-state index contributed by atoms with van der Waals surface area (Å²) in [5.74, 6) is 0.0531. The predicted octanol–water partition coefficient (Wildman–Crippen LogP) is 0.0968. The Morgan fingerprint density at radius 2 is 2.11 bits per heavy atom. The summed E-state index contributed by atoms with van der Waals surface area (Å²) in [6.45, 7) is 2.20. The molecule has 3 rings (SSSR count). The predicted molar refractivity (Wildman–Crippen MR) is 72.9 cm³/mol. The van der Waals surface area contributed by atoms with E-state index in [4.69, 9.17) is 0 Å². The topological polar surface area (TPSA) is 66.5 Å². The quantitative estimate of drug-likeness (QED) is 0.792. The Morgan fingerprint density at radius 3 is 2.84 bits per heavy atom. The van der Waals surface area contributed by atoms with Gasteiger partial charge >= 0.3 is 0 Å². The molecule has 2 saturated heterocycles. The van der Waals surface area contributed by atoms with Crippen LogP contribution in [0.3, 0.4) is 0 Å². The van der Waals surface area contributed by atoms with Gasteiger partial charge in [-0.25, -0.2) is 8.42 Å². The standard InChI is InChI=1S/C13H16N2O3S/c1-9-3-2-4-10(5-9)15-6-13(16)14-11-7-19(17,18)8-12(11)15/h2-5,11-12H,6-8H2,1H3,(H,14,16)/t11-,12-/m0/s1. The largest absolute Gasteiger partial charge is 0.356 e. The Morgan fingerprint density at radius 1 is 1.32 bits per heavy atom. The molecule has 6 heteroatoms. The van der Waals surface area contributed by atoms with Crippen LogP contribution < -0.4 is 10.2 Å². The van der Waals surface area contributed by atoms with E-state index in [0.717, 1.165) is 11.3 Å². The molecule has 1 N–H and O–H groups in total. The van der Waals surface area contributed by atoms with Gasteiger partial charge in [-0.3, -0.25) is 4.79 Å². The average Bonchev–Trinajstić information content (AvgIpc) is 2.62. The molecule has 19 heavy (non-hydrogen) atoms. The molecule has 2 aliphatic heterocycles. The SMILES string of the molecule is Cc1cccc(N2CC(=O)N[C@H]3CS(=O)(=O)C[C@@H]32)c1. The van der Waals surface area contributed by atoms with Crippen molar-refractivity contribution in [3.8, 4) is 0 Å². The van der Waals surface area contributed by atoms with Crippen LogP contribution in [0.25, 0.3) is 0 Å². The van der Waals surface area contributed by atoms with Crippen molar-refractivity contribution in [2.45, 2.75) is 19.0 Å². The second-order valence-electron chi connectivity index (χ2n) is 5.29. The Labute approximate surface area is 112 Å². The zero-order chi connectivity index (χ0) is 13.6. The van der Waals surface area contributed by atoms with Crippen LogP contribution >= 0.6 is 0 Å². The molecule has 0 aromatic heterocycles. The highest BCUT2D eigenvalue weighted by molar-refractivity contribution is 7.91. The van der Waals surface area contributed by atoms with Gasteiger partial charge in [-0.1, -0.05) is 12.1 Å². The number of benzene rings is 1. The molecule has 0 saturated carbocycles. The van der Waals surface area contributed by atoms with E-state index in [0.29, 0.717) is 0 Å². The number of anilines is 1. The summed E-state index contributed by atoms with van der Waals surface area (Å²) in [7, 11) is -3.06. The van der Waals surface area contributed by atoms with Crippen LogP contribution in [-0.2, 0) is 14.6 Å². The lowest BCUT2D eigenvalue weighted by Gasteiger charge is -2.38. The van der Waals surface area contributed by atoms with E-state index < -0.39 is 9.84 Å². The number of amides is 1. The Kier molecular flexibility index (Phi) is 2.78. The molecule has 1 amide bonds. The monoisotopic (exact) mass is 280 g/mol. The highest BCUT2D eigenvalue weighted by Crippen LogP contribution is 2.27. The Hall–Kier alpha value is -1.56. The van der Waals surface area contributed by atoms with Gasteiger partial charge in [0.2, 0.25) is 5.91 Å². The molecule has 0 radical (unpaired) electrons. The van der Waals surface area contributed by atoms with Gasteiger partial charge in [-0.05, 0) is 24.6 Å². The van der Waals surface area contributed by atoms with Crippen LogP contribution in [0.2, 0.25) is 0 Å². The van der Waals surface area contributed by atoms with Gasteiger partial charge in [0.25, 0.3) is 0 Å². The molecule has 1 aromatic carbocycles. The number of aryl methyl sites for hydroxylation is 1. The zero-order valence-electron chi connectivity index (χ0n) is 10.7. The first-order valence-electron chi connectivity index (χ1n) is 6.28. The summed E-state index contributed by atoms with van der Waals surface area (Å²) in [5, 5.41) is 2.79. The molecular weight excluding hydrogens is 264 g/mol. The van der Waals surface area contributed by atoms with Crippen molar-refractivity contribution in [3.63, 3.8) is 0 Å². The van der Waals surface area contributed by atoms with E-state index in [1.54, 1.807) is 0 Å². The zero-order valence-corrected chi connectivity index (χ0v) is 11.5. The molecular formula is C13H16N2O3S. The molecule has 102 valence electrons. The molecule has 1 aromatic rings. The van der Waals surface area contributed by atoms with Gasteiger partial charge in [-0.15, -0.1) is 0 Å². The van der Waals surface area contributed by atoms with Crippen LogP contribution in [0.15, 0.2) is 24.3 Å². The van der Waals surface area contributed by atoms with Crippen molar-refractivity contribution in [1.82, 2.24) is 5.32 Å².